The average Bonchev–Trinajstić information content (AvgIpc) is 3.13. The van der Waals surface area contributed by atoms with E-state index >= 15 is 0 Å². The van der Waals surface area contributed by atoms with Gasteiger partial charge >= 0.3 is 0 Å². The maximum atomic E-state index is 13.2. The van der Waals surface area contributed by atoms with Crippen LogP contribution in [0.25, 0.3) is 10.2 Å². The van der Waals surface area contributed by atoms with E-state index in [-0.39, 0.29) is 17.3 Å². The number of hydrogen-bond donors (Lipinski definition) is 0. The molecule has 1 aliphatic rings. The molecule has 4 rings (SSSR count). The summed E-state index contributed by atoms with van der Waals surface area (Å²) in [5, 5.41) is 0.472. The highest BCUT2D eigenvalue weighted by Crippen LogP contribution is 2.26. The number of sulfonamides is 1. The molecule has 3 aromatic rings. The zero-order valence-electron chi connectivity index (χ0n) is 19.5. The number of hydrogen-bond acceptors (Lipinski definition) is 5. The average molecular weight is 522 g/mol. The number of fused-ring (bicyclic) bond motifs is 1. The summed E-state index contributed by atoms with van der Waals surface area (Å²) < 4.78 is 35.9. The number of methoxy groups -OCH3 is 1. The van der Waals surface area contributed by atoms with Gasteiger partial charge in [-0.05, 0) is 74.2 Å². The Balaban J connectivity index is 1.64. The normalized spacial score (nSPS) is 18.0. The molecule has 0 bridgehead atoms. The third kappa shape index (κ3) is 5.13. The van der Waals surface area contributed by atoms with Crippen molar-refractivity contribution in [1.82, 2.24) is 8.87 Å². The number of halogens is 1. The quantitative estimate of drug-likeness (QED) is 0.488. The SMILES string of the molecule is COCCn1c(=NC(=O)C2CCCN(S(=O)(=O)c3ccc(Cl)cc3)C2)sc2cc(C)c(C)cc21. The van der Waals surface area contributed by atoms with Gasteiger partial charge < -0.3 is 9.30 Å². The van der Waals surface area contributed by atoms with Crippen LogP contribution in [-0.4, -0.2) is 50.0 Å². The van der Waals surface area contributed by atoms with E-state index in [9.17, 15) is 13.2 Å². The van der Waals surface area contributed by atoms with Gasteiger partial charge in [0.05, 0.1) is 27.6 Å². The van der Waals surface area contributed by atoms with Gasteiger partial charge in [0.15, 0.2) is 4.80 Å². The third-order valence-electron chi connectivity index (χ3n) is 6.21. The van der Waals surface area contributed by atoms with Crippen LogP contribution >= 0.6 is 22.9 Å². The van der Waals surface area contributed by atoms with Crippen LogP contribution < -0.4 is 4.80 Å². The highest BCUT2D eigenvalue weighted by Gasteiger charge is 2.33. The fraction of sp³-hybridized carbons (Fsp3) is 0.417. The Labute approximate surface area is 208 Å². The van der Waals surface area contributed by atoms with Gasteiger partial charge in [0.2, 0.25) is 10.0 Å². The topological polar surface area (TPSA) is 81.0 Å². The summed E-state index contributed by atoms with van der Waals surface area (Å²) in [6.45, 7) is 5.70. The molecule has 1 amide bonds. The number of aryl methyl sites for hydroxylation is 2. The lowest BCUT2D eigenvalue weighted by Gasteiger charge is -2.30. The zero-order valence-corrected chi connectivity index (χ0v) is 21.8. The van der Waals surface area contributed by atoms with Gasteiger partial charge in [-0.25, -0.2) is 8.42 Å². The van der Waals surface area contributed by atoms with E-state index in [0.717, 1.165) is 10.2 Å². The van der Waals surface area contributed by atoms with Crippen LogP contribution in [0.2, 0.25) is 5.02 Å². The second-order valence-corrected chi connectivity index (χ2v) is 11.9. The lowest BCUT2D eigenvalue weighted by Crippen LogP contribution is -2.42. The summed E-state index contributed by atoms with van der Waals surface area (Å²) in [7, 11) is -2.06. The van der Waals surface area contributed by atoms with Gasteiger partial charge in [-0.1, -0.05) is 22.9 Å². The first-order valence-corrected chi connectivity index (χ1v) is 13.8. The molecule has 0 spiro atoms. The molecular formula is C24H28ClN3O4S2. The van der Waals surface area contributed by atoms with E-state index in [4.69, 9.17) is 16.3 Å². The molecular weight excluding hydrogens is 494 g/mol. The van der Waals surface area contributed by atoms with Crippen molar-refractivity contribution < 1.29 is 17.9 Å². The molecule has 2 aromatic carbocycles. The predicted molar refractivity (Wildman–Crippen MR) is 135 cm³/mol. The molecule has 1 fully saturated rings. The second kappa shape index (κ2) is 10.3. The number of benzene rings is 2. The molecule has 0 aliphatic carbocycles. The predicted octanol–water partition coefficient (Wildman–Crippen LogP) is 4.15. The maximum Gasteiger partial charge on any atom is 0.252 e. The van der Waals surface area contributed by atoms with Gasteiger partial charge in [-0.2, -0.15) is 9.30 Å². The van der Waals surface area contributed by atoms with Crippen molar-refractivity contribution in [1.29, 1.82) is 0 Å². The van der Waals surface area contributed by atoms with Crippen LogP contribution in [0.15, 0.2) is 46.3 Å². The molecule has 10 heteroatoms. The largest absolute Gasteiger partial charge is 0.383 e. The molecule has 1 saturated heterocycles. The summed E-state index contributed by atoms with van der Waals surface area (Å²) >= 11 is 7.38. The van der Waals surface area contributed by atoms with Crippen LogP contribution in [0.1, 0.15) is 24.0 Å². The summed E-state index contributed by atoms with van der Waals surface area (Å²) in [5.74, 6) is -0.775. The number of carbonyl (C=O) groups excluding carboxylic acids is 1. The zero-order chi connectivity index (χ0) is 24.5. The number of nitrogens with zero attached hydrogens (tertiary/aromatic N) is 3. The summed E-state index contributed by atoms with van der Waals surface area (Å²) in [5.41, 5.74) is 3.37. The van der Waals surface area contributed by atoms with Gasteiger partial charge in [-0.3, -0.25) is 4.79 Å². The van der Waals surface area contributed by atoms with Gasteiger partial charge in [0.1, 0.15) is 0 Å². The highest BCUT2D eigenvalue weighted by molar-refractivity contribution is 7.89. The minimum absolute atomic E-state index is 0.120. The molecule has 1 atom stereocenters. The monoisotopic (exact) mass is 521 g/mol. The second-order valence-electron chi connectivity index (χ2n) is 8.54. The van der Waals surface area contributed by atoms with Crippen LogP contribution in [0.5, 0.6) is 0 Å². The first-order valence-electron chi connectivity index (χ1n) is 11.1. The van der Waals surface area contributed by atoms with Crippen molar-refractivity contribution in [3.05, 3.63) is 57.3 Å². The molecule has 182 valence electrons. The van der Waals surface area contributed by atoms with Crippen molar-refractivity contribution >= 4 is 49.1 Å². The lowest BCUT2D eigenvalue weighted by atomic mass is 9.99. The van der Waals surface area contributed by atoms with Crippen molar-refractivity contribution in [3.8, 4) is 0 Å². The van der Waals surface area contributed by atoms with E-state index in [0.29, 0.717) is 42.4 Å². The van der Waals surface area contributed by atoms with Gasteiger partial charge in [-0.15, -0.1) is 0 Å². The standard InChI is InChI=1S/C24H28ClN3O4S2/c1-16-13-21-22(14-17(16)2)33-24(28(21)11-12-32-3)26-23(29)18-5-4-10-27(15-18)34(30,31)20-8-6-19(25)7-9-20/h6-9,13-14,18H,4-5,10-12,15H2,1-3H3. The molecule has 34 heavy (non-hydrogen) atoms. The molecule has 2 heterocycles. The molecule has 1 aromatic heterocycles. The summed E-state index contributed by atoms with van der Waals surface area (Å²) in [6.07, 6.45) is 1.21. The molecule has 7 nitrogen and oxygen atoms in total. The van der Waals surface area contributed by atoms with Crippen molar-refractivity contribution in [2.75, 3.05) is 26.8 Å². The number of ether oxygens (including phenoxy) is 1. The highest BCUT2D eigenvalue weighted by atomic mass is 35.5. The Morgan fingerprint density at radius 1 is 1.21 bits per heavy atom. The summed E-state index contributed by atoms with van der Waals surface area (Å²) in [4.78, 5) is 18.5. The third-order valence-corrected chi connectivity index (χ3v) is 9.38. The molecule has 1 unspecified atom stereocenters. The molecule has 0 N–H and O–H groups in total. The van der Waals surface area contributed by atoms with Crippen LogP contribution in [0.3, 0.4) is 0 Å². The van der Waals surface area contributed by atoms with Crippen molar-refractivity contribution in [3.63, 3.8) is 0 Å². The fourth-order valence-electron chi connectivity index (χ4n) is 4.11. The Morgan fingerprint density at radius 2 is 1.91 bits per heavy atom. The number of rotatable bonds is 6. The van der Waals surface area contributed by atoms with Crippen molar-refractivity contribution in [2.24, 2.45) is 10.9 Å². The van der Waals surface area contributed by atoms with Gasteiger partial charge in [0.25, 0.3) is 5.91 Å². The van der Waals surface area contributed by atoms with E-state index in [1.807, 2.05) is 4.57 Å². The minimum Gasteiger partial charge on any atom is -0.383 e. The number of amides is 1. The van der Waals surface area contributed by atoms with E-state index in [1.165, 1.54) is 38.9 Å². The van der Waals surface area contributed by atoms with Crippen LogP contribution in [0.4, 0.5) is 0 Å². The smallest absolute Gasteiger partial charge is 0.252 e. The Kier molecular flexibility index (Phi) is 7.59. The first kappa shape index (κ1) is 25.1. The van der Waals surface area contributed by atoms with E-state index < -0.39 is 15.9 Å². The molecule has 1 aliphatic heterocycles. The van der Waals surface area contributed by atoms with E-state index in [1.54, 1.807) is 19.2 Å². The number of aromatic nitrogens is 1. The maximum absolute atomic E-state index is 13.2. The lowest BCUT2D eigenvalue weighted by molar-refractivity contribution is -0.122. The molecule has 0 saturated carbocycles. The number of carbonyl (C=O) groups is 1. The Hall–Kier alpha value is -2.04. The van der Waals surface area contributed by atoms with Crippen molar-refractivity contribution in [2.45, 2.75) is 38.1 Å². The van der Waals surface area contributed by atoms with Crippen LogP contribution in [0, 0.1) is 19.8 Å². The van der Waals surface area contributed by atoms with Crippen LogP contribution in [-0.2, 0) is 26.1 Å². The molecule has 0 radical (unpaired) electrons. The fourth-order valence-corrected chi connectivity index (χ4v) is 6.90. The Morgan fingerprint density at radius 3 is 2.62 bits per heavy atom. The number of thiazole rings is 1. The van der Waals surface area contributed by atoms with Gasteiger partial charge in [0, 0.05) is 31.8 Å². The first-order chi connectivity index (χ1) is 16.2. The minimum atomic E-state index is -3.71. The number of piperidine rings is 1. The summed E-state index contributed by atoms with van der Waals surface area (Å²) in [6, 6.07) is 10.3. The Bertz CT molecular complexity index is 1380. The van der Waals surface area contributed by atoms with E-state index in [2.05, 4.69) is 31.0 Å².